The summed E-state index contributed by atoms with van der Waals surface area (Å²) in [7, 11) is 1.75. The van der Waals surface area contributed by atoms with Crippen LogP contribution in [-0.4, -0.2) is 47.1 Å². The van der Waals surface area contributed by atoms with Crippen molar-refractivity contribution in [2.45, 2.75) is 24.4 Å². The van der Waals surface area contributed by atoms with Gasteiger partial charge < -0.3 is 10.2 Å². The van der Waals surface area contributed by atoms with E-state index in [9.17, 15) is 9.59 Å². The van der Waals surface area contributed by atoms with Crippen molar-refractivity contribution in [3.63, 3.8) is 0 Å². The summed E-state index contributed by atoms with van der Waals surface area (Å²) >= 11 is 1.60. The number of aromatic nitrogens is 1. The molecule has 0 unspecified atom stereocenters. The molecule has 6 heteroatoms. The molecular weight excluding hydrogens is 262 g/mol. The SMILES string of the molecule is CCSc1cc(C(=O)N[C@@H]2CC(=O)N(C)C2)ccn1. The van der Waals surface area contributed by atoms with E-state index in [0.29, 0.717) is 18.5 Å². The quantitative estimate of drug-likeness (QED) is 0.840. The first-order valence-electron chi connectivity index (χ1n) is 6.24. The van der Waals surface area contributed by atoms with Gasteiger partial charge in [0.25, 0.3) is 5.91 Å². The molecule has 1 N–H and O–H groups in total. The molecule has 2 heterocycles. The van der Waals surface area contributed by atoms with E-state index in [1.807, 2.05) is 6.92 Å². The number of carbonyl (C=O) groups is 2. The first-order valence-corrected chi connectivity index (χ1v) is 7.22. The fourth-order valence-corrected chi connectivity index (χ4v) is 2.65. The van der Waals surface area contributed by atoms with Gasteiger partial charge in [-0.1, -0.05) is 6.92 Å². The maximum Gasteiger partial charge on any atom is 0.251 e. The summed E-state index contributed by atoms with van der Waals surface area (Å²) in [6, 6.07) is 3.37. The van der Waals surface area contributed by atoms with E-state index in [2.05, 4.69) is 10.3 Å². The van der Waals surface area contributed by atoms with Crippen LogP contribution in [0.3, 0.4) is 0 Å². The van der Waals surface area contributed by atoms with Gasteiger partial charge in [-0.3, -0.25) is 9.59 Å². The molecule has 102 valence electrons. The van der Waals surface area contributed by atoms with Crippen LogP contribution in [0.5, 0.6) is 0 Å². The second kappa shape index (κ2) is 6.06. The molecule has 1 atom stereocenters. The number of carbonyl (C=O) groups excluding carboxylic acids is 2. The molecule has 1 aromatic heterocycles. The normalized spacial score (nSPS) is 18.7. The second-order valence-electron chi connectivity index (χ2n) is 4.46. The molecule has 1 aromatic rings. The van der Waals surface area contributed by atoms with Crippen LogP contribution in [-0.2, 0) is 4.79 Å². The molecule has 1 saturated heterocycles. The summed E-state index contributed by atoms with van der Waals surface area (Å²) < 4.78 is 0. The van der Waals surface area contributed by atoms with Gasteiger partial charge in [0.05, 0.1) is 11.1 Å². The number of likely N-dealkylation sites (tertiary alicyclic amines) is 1. The van der Waals surface area contributed by atoms with Crippen LogP contribution in [0.2, 0.25) is 0 Å². The van der Waals surface area contributed by atoms with E-state index in [1.165, 1.54) is 0 Å². The molecular formula is C13H17N3O2S. The number of nitrogens with zero attached hydrogens (tertiary/aromatic N) is 2. The van der Waals surface area contributed by atoms with Gasteiger partial charge in [0.15, 0.2) is 0 Å². The molecule has 0 bridgehead atoms. The van der Waals surface area contributed by atoms with Crippen LogP contribution >= 0.6 is 11.8 Å². The first-order chi connectivity index (χ1) is 9.10. The molecule has 5 nitrogen and oxygen atoms in total. The van der Waals surface area contributed by atoms with Crippen molar-refractivity contribution >= 4 is 23.6 Å². The predicted molar refractivity (Wildman–Crippen MR) is 74.1 cm³/mol. The van der Waals surface area contributed by atoms with E-state index in [-0.39, 0.29) is 17.9 Å². The van der Waals surface area contributed by atoms with Gasteiger partial charge in [-0.25, -0.2) is 4.98 Å². The molecule has 1 aliphatic rings. The Morgan fingerprint density at radius 3 is 3.05 bits per heavy atom. The molecule has 0 saturated carbocycles. The lowest BCUT2D eigenvalue weighted by molar-refractivity contribution is -0.126. The number of rotatable bonds is 4. The third kappa shape index (κ3) is 3.47. The smallest absolute Gasteiger partial charge is 0.251 e. The highest BCUT2D eigenvalue weighted by atomic mass is 32.2. The van der Waals surface area contributed by atoms with Crippen molar-refractivity contribution in [2.75, 3.05) is 19.3 Å². The van der Waals surface area contributed by atoms with Crippen LogP contribution in [0.15, 0.2) is 23.4 Å². The summed E-state index contributed by atoms with van der Waals surface area (Å²) in [6.07, 6.45) is 2.02. The average molecular weight is 279 g/mol. The summed E-state index contributed by atoms with van der Waals surface area (Å²) in [5.74, 6) is 0.843. The molecule has 0 aliphatic carbocycles. The molecule has 0 spiro atoms. The Hall–Kier alpha value is -1.56. The highest BCUT2D eigenvalue weighted by Gasteiger charge is 2.28. The van der Waals surface area contributed by atoms with Gasteiger partial charge in [-0.2, -0.15) is 0 Å². The lowest BCUT2D eigenvalue weighted by Crippen LogP contribution is -2.36. The molecule has 1 fully saturated rings. The summed E-state index contributed by atoms with van der Waals surface area (Å²) in [5.41, 5.74) is 0.591. The van der Waals surface area contributed by atoms with Gasteiger partial charge in [-0.15, -0.1) is 11.8 Å². The zero-order chi connectivity index (χ0) is 13.8. The largest absolute Gasteiger partial charge is 0.347 e. The number of nitrogens with one attached hydrogen (secondary N) is 1. The van der Waals surface area contributed by atoms with Crippen LogP contribution < -0.4 is 5.32 Å². The number of thioether (sulfide) groups is 1. The summed E-state index contributed by atoms with van der Waals surface area (Å²) in [5, 5.41) is 3.73. The second-order valence-corrected chi connectivity index (χ2v) is 5.75. The Bertz CT molecular complexity index is 493. The highest BCUT2D eigenvalue weighted by molar-refractivity contribution is 7.99. The first kappa shape index (κ1) is 13.9. The number of pyridine rings is 1. The van der Waals surface area contributed by atoms with E-state index >= 15 is 0 Å². The van der Waals surface area contributed by atoms with Crippen molar-refractivity contribution in [3.8, 4) is 0 Å². The Kier molecular flexibility index (Phi) is 4.42. The topological polar surface area (TPSA) is 62.3 Å². The lowest BCUT2D eigenvalue weighted by Gasteiger charge is -2.12. The van der Waals surface area contributed by atoms with Gasteiger partial charge >= 0.3 is 0 Å². The van der Waals surface area contributed by atoms with E-state index < -0.39 is 0 Å². The van der Waals surface area contributed by atoms with Crippen LogP contribution in [0.25, 0.3) is 0 Å². The Balaban J connectivity index is 2.00. The molecule has 2 rings (SSSR count). The van der Waals surface area contributed by atoms with E-state index in [4.69, 9.17) is 0 Å². The van der Waals surface area contributed by atoms with Crippen molar-refractivity contribution < 1.29 is 9.59 Å². The predicted octanol–water partition coefficient (Wildman–Crippen LogP) is 1.15. The van der Waals surface area contributed by atoms with Crippen molar-refractivity contribution in [2.24, 2.45) is 0 Å². The molecule has 0 radical (unpaired) electrons. The Labute approximate surface area is 116 Å². The van der Waals surface area contributed by atoms with E-state index in [0.717, 1.165) is 10.8 Å². The Morgan fingerprint density at radius 1 is 1.63 bits per heavy atom. The van der Waals surface area contributed by atoms with Crippen LogP contribution in [0, 0.1) is 0 Å². The zero-order valence-electron chi connectivity index (χ0n) is 11.0. The number of amides is 2. The van der Waals surface area contributed by atoms with Crippen molar-refractivity contribution in [1.29, 1.82) is 0 Å². The minimum atomic E-state index is -0.145. The highest BCUT2D eigenvalue weighted by Crippen LogP contribution is 2.16. The number of hydrogen-bond acceptors (Lipinski definition) is 4. The minimum Gasteiger partial charge on any atom is -0.347 e. The maximum atomic E-state index is 12.1. The summed E-state index contributed by atoms with van der Waals surface area (Å²) in [4.78, 5) is 29.3. The van der Waals surface area contributed by atoms with Gasteiger partial charge in [0.2, 0.25) is 5.91 Å². The summed E-state index contributed by atoms with van der Waals surface area (Å²) in [6.45, 7) is 2.62. The van der Waals surface area contributed by atoms with Gasteiger partial charge in [0.1, 0.15) is 0 Å². The number of likely N-dealkylation sites (N-methyl/N-ethyl adjacent to an activating group) is 1. The average Bonchev–Trinajstić information content (AvgIpc) is 2.69. The van der Waals surface area contributed by atoms with Crippen molar-refractivity contribution in [1.82, 2.24) is 15.2 Å². The molecule has 2 amide bonds. The third-order valence-electron chi connectivity index (χ3n) is 2.97. The Morgan fingerprint density at radius 2 is 2.42 bits per heavy atom. The molecule has 1 aliphatic heterocycles. The zero-order valence-corrected chi connectivity index (χ0v) is 11.9. The standard InChI is InChI=1S/C13H17N3O2S/c1-3-19-11-6-9(4-5-14-11)13(18)15-10-7-12(17)16(2)8-10/h4-6,10H,3,7-8H2,1-2H3,(H,15,18)/t10-/m1/s1. The lowest BCUT2D eigenvalue weighted by atomic mass is 10.2. The molecule has 19 heavy (non-hydrogen) atoms. The van der Waals surface area contributed by atoms with Crippen LogP contribution in [0.1, 0.15) is 23.7 Å². The maximum absolute atomic E-state index is 12.1. The van der Waals surface area contributed by atoms with Crippen LogP contribution in [0.4, 0.5) is 0 Å². The third-order valence-corrected chi connectivity index (χ3v) is 3.77. The van der Waals surface area contributed by atoms with E-state index in [1.54, 1.807) is 42.0 Å². The molecule has 0 aromatic carbocycles. The fraction of sp³-hybridized carbons (Fsp3) is 0.462. The fourth-order valence-electron chi connectivity index (χ4n) is 2.01. The monoisotopic (exact) mass is 279 g/mol. The van der Waals surface area contributed by atoms with Gasteiger partial charge in [0, 0.05) is 31.8 Å². The van der Waals surface area contributed by atoms with Gasteiger partial charge in [-0.05, 0) is 17.9 Å². The van der Waals surface area contributed by atoms with Crippen molar-refractivity contribution in [3.05, 3.63) is 23.9 Å². The minimum absolute atomic E-state index is 0.0715. The number of hydrogen-bond donors (Lipinski definition) is 1.